The Bertz CT molecular complexity index is 438. The number of aromatic nitrogens is 2. The number of nitrogens with zero attached hydrogens (tertiary/aromatic N) is 2. The van der Waals surface area contributed by atoms with Gasteiger partial charge in [0.1, 0.15) is 5.82 Å². The maximum atomic E-state index is 4.92. The molecular formula is C13H19N3. The molecule has 3 heteroatoms. The highest BCUT2D eigenvalue weighted by molar-refractivity contribution is 5.27. The van der Waals surface area contributed by atoms with Crippen LogP contribution in [0.1, 0.15) is 55.7 Å². The normalized spacial score (nSPS) is 26.6. The van der Waals surface area contributed by atoms with Crippen molar-refractivity contribution < 1.29 is 0 Å². The first-order chi connectivity index (χ1) is 7.78. The molecule has 4 rings (SSSR count). The molecule has 0 unspecified atom stereocenters. The summed E-state index contributed by atoms with van der Waals surface area (Å²) in [5.74, 6) is 2.19. The third-order valence-corrected chi connectivity index (χ3v) is 4.37. The Kier molecular flexibility index (Phi) is 1.67. The van der Waals surface area contributed by atoms with Gasteiger partial charge in [0.15, 0.2) is 0 Å². The van der Waals surface area contributed by atoms with Crippen LogP contribution in [0, 0.1) is 0 Å². The largest absolute Gasteiger partial charge is 0.326 e. The molecule has 0 atom stereocenters. The first-order valence-corrected chi connectivity index (χ1v) is 6.59. The number of nitrogens with one attached hydrogen (secondary N) is 1. The monoisotopic (exact) mass is 217 g/mol. The Morgan fingerprint density at radius 3 is 2.88 bits per heavy atom. The molecule has 0 spiro atoms. The molecule has 0 bridgehead atoms. The number of hydrogen-bond donors (Lipinski definition) is 1. The van der Waals surface area contributed by atoms with E-state index in [1.54, 1.807) is 5.69 Å². The summed E-state index contributed by atoms with van der Waals surface area (Å²) in [5, 5.41) is 3.44. The molecule has 16 heavy (non-hydrogen) atoms. The van der Waals surface area contributed by atoms with Gasteiger partial charge < -0.3 is 9.88 Å². The predicted octanol–water partition coefficient (Wildman–Crippen LogP) is 1.92. The van der Waals surface area contributed by atoms with Crippen LogP contribution >= 0.6 is 0 Å². The van der Waals surface area contributed by atoms with Crippen molar-refractivity contribution in [1.29, 1.82) is 0 Å². The number of rotatable bonds is 2. The van der Waals surface area contributed by atoms with E-state index in [9.17, 15) is 0 Å². The maximum absolute atomic E-state index is 4.92. The highest BCUT2D eigenvalue weighted by Crippen LogP contribution is 2.49. The number of fused-ring (bicyclic) bond motifs is 1. The van der Waals surface area contributed by atoms with Gasteiger partial charge in [-0.3, -0.25) is 0 Å². The van der Waals surface area contributed by atoms with Gasteiger partial charge in [-0.2, -0.15) is 0 Å². The van der Waals surface area contributed by atoms with Crippen LogP contribution in [0.4, 0.5) is 0 Å². The van der Waals surface area contributed by atoms with Gasteiger partial charge in [0, 0.05) is 36.7 Å². The van der Waals surface area contributed by atoms with Gasteiger partial charge in [-0.15, -0.1) is 0 Å². The fourth-order valence-electron chi connectivity index (χ4n) is 2.95. The minimum absolute atomic E-state index is 0.426. The first-order valence-electron chi connectivity index (χ1n) is 6.59. The van der Waals surface area contributed by atoms with Gasteiger partial charge in [-0.1, -0.05) is 0 Å². The molecule has 2 heterocycles. The number of imidazole rings is 1. The van der Waals surface area contributed by atoms with E-state index in [1.807, 2.05) is 0 Å². The van der Waals surface area contributed by atoms with Crippen LogP contribution in [0.5, 0.6) is 0 Å². The van der Waals surface area contributed by atoms with Gasteiger partial charge in [0.2, 0.25) is 0 Å². The second-order valence-corrected chi connectivity index (χ2v) is 5.90. The molecule has 1 N–H and O–H groups in total. The summed E-state index contributed by atoms with van der Waals surface area (Å²) in [6, 6.07) is 0. The molecule has 0 radical (unpaired) electrons. The van der Waals surface area contributed by atoms with Crippen LogP contribution in [0.15, 0.2) is 0 Å². The van der Waals surface area contributed by atoms with E-state index < -0.39 is 0 Å². The van der Waals surface area contributed by atoms with Crippen LogP contribution in [-0.4, -0.2) is 16.1 Å². The standard InChI is InChI=1S/C13H19N3/c1-13(5-6-13)16-11-4-7-14-8-10(11)15-12(16)9-2-3-9/h9,14H,2-8H2,1H3. The molecule has 86 valence electrons. The molecule has 2 saturated carbocycles. The van der Waals surface area contributed by atoms with Crippen LogP contribution < -0.4 is 5.32 Å². The Morgan fingerprint density at radius 1 is 1.38 bits per heavy atom. The van der Waals surface area contributed by atoms with E-state index >= 15 is 0 Å². The Labute approximate surface area is 96.3 Å². The van der Waals surface area contributed by atoms with Crippen molar-refractivity contribution in [3.63, 3.8) is 0 Å². The van der Waals surface area contributed by atoms with Crippen molar-refractivity contribution in [2.75, 3.05) is 6.54 Å². The van der Waals surface area contributed by atoms with Crippen molar-refractivity contribution in [2.45, 2.75) is 57.0 Å². The minimum atomic E-state index is 0.426. The van der Waals surface area contributed by atoms with E-state index in [0.717, 1.165) is 19.0 Å². The average Bonchev–Trinajstić information content (AvgIpc) is 3.20. The molecule has 2 aliphatic carbocycles. The van der Waals surface area contributed by atoms with E-state index in [0.29, 0.717) is 5.54 Å². The molecule has 2 fully saturated rings. The fourth-order valence-corrected chi connectivity index (χ4v) is 2.95. The van der Waals surface area contributed by atoms with Gasteiger partial charge >= 0.3 is 0 Å². The summed E-state index contributed by atoms with van der Waals surface area (Å²) in [4.78, 5) is 4.92. The Morgan fingerprint density at radius 2 is 2.19 bits per heavy atom. The summed E-state index contributed by atoms with van der Waals surface area (Å²) < 4.78 is 2.63. The Balaban J connectivity index is 1.88. The van der Waals surface area contributed by atoms with Crippen molar-refractivity contribution in [3.05, 3.63) is 17.2 Å². The summed E-state index contributed by atoms with van der Waals surface area (Å²) in [7, 11) is 0. The van der Waals surface area contributed by atoms with E-state index in [1.165, 1.54) is 43.6 Å². The summed E-state index contributed by atoms with van der Waals surface area (Å²) >= 11 is 0. The van der Waals surface area contributed by atoms with Gasteiger partial charge in [0.25, 0.3) is 0 Å². The second kappa shape index (κ2) is 2.89. The predicted molar refractivity (Wildman–Crippen MR) is 62.5 cm³/mol. The lowest BCUT2D eigenvalue weighted by Gasteiger charge is -2.21. The zero-order valence-electron chi connectivity index (χ0n) is 9.92. The lowest BCUT2D eigenvalue weighted by atomic mass is 10.1. The van der Waals surface area contributed by atoms with Crippen molar-refractivity contribution in [1.82, 2.24) is 14.9 Å². The molecule has 3 aliphatic rings. The quantitative estimate of drug-likeness (QED) is 0.820. The summed E-state index contributed by atoms with van der Waals surface area (Å²) in [6.45, 7) is 4.51. The fraction of sp³-hybridized carbons (Fsp3) is 0.769. The average molecular weight is 217 g/mol. The maximum Gasteiger partial charge on any atom is 0.112 e. The zero-order valence-corrected chi connectivity index (χ0v) is 9.92. The van der Waals surface area contributed by atoms with Gasteiger partial charge in [-0.05, 0) is 32.6 Å². The number of hydrogen-bond acceptors (Lipinski definition) is 2. The molecule has 1 aliphatic heterocycles. The van der Waals surface area contributed by atoms with Crippen LogP contribution in [0.25, 0.3) is 0 Å². The summed E-state index contributed by atoms with van der Waals surface area (Å²) in [6.07, 6.45) is 6.59. The third kappa shape index (κ3) is 1.21. The van der Waals surface area contributed by atoms with Crippen LogP contribution in [-0.2, 0) is 18.5 Å². The molecule has 3 nitrogen and oxygen atoms in total. The highest BCUT2D eigenvalue weighted by atomic mass is 15.2. The first kappa shape index (κ1) is 9.23. The lowest BCUT2D eigenvalue weighted by molar-refractivity contribution is 0.477. The van der Waals surface area contributed by atoms with Crippen molar-refractivity contribution >= 4 is 0 Å². The van der Waals surface area contributed by atoms with E-state index in [4.69, 9.17) is 4.98 Å². The minimum Gasteiger partial charge on any atom is -0.326 e. The van der Waals surface area contributed by atoms with E-state index in [2.05, 4.69) is 16.8 Å². The third-order valence-electron chi connectivity index (χ3n) is 4.37. The molecule has 1 aromatic heterocycles. The second-order valence-electron chi connectivity index (χ2n) is 5.90. The van der Waals surface area contributed by atoms with Crippen LogP contribution in [0.2, 0.25) is 0 Å². The molecule has 0 saturated heterocycles. The lowest BCUT2D eigenvalue weighted by Crippen LogP contribution is -2.27. The van der Waals surface area contributed by atoms with Gasteiger partial charge in [-0.25, -0.2) is 4.98 Å². The topological polar surface area (TPSA) is 29.9 Å². The zero-order chi connectivity index (χ0) is 10.8. The SMILES string of the molecule is CC1(n2c(C3CC3)nc3c2CCNC3)CC1. The smallest absolute Gasteiger partial charge is 0.112 e. The van der Waals surface area contributed by atoms with Crippen molar-refractivity contribution in [2.24, 2.45) is 0 Å². The van der Waals surface area contributed by atoms with Gasteiger partial charge in [0.05, 0.1) is 5.69 Å². The molecule has 1 aromatic rings. The van der Waals surface area contributed by atoms with Crippen LogP contribution in [0.3, 0.4) is 0 Å². The molecule has 0 amide bonds. The molecular weight excluding hydrogens is 198 g/mol. The van der Waals surface area contributed by atoms with E-state index in [-0.39, 0.29) is 0 Å². The summed E-state index contributed by atoms with van der Waals surface area (Å²) in [5.41, 5.74) is 3.30. The highest BCUT2D eigenvalue weighted by Gasteiger charge is 2.45. The van der Waals surface area contributed by atoms with Crippen molar-refractivity contribution in [3.8, 4) is 0 Å². The Hall–Kier alpha value is -0.830. The molecule has 0 aromatic carbocycles.